The van der Waals surface area contributed by atoms with Crippen LogP contribution in [-0.4, -0.2) is 17.3 Å². The molecule has 1 aromatic heterocycles. The van der Waals surface area contributed by atoms with Crippen LogP contribution in [0.2, 0.25) is 0 Å². The van der Waals surface area contributed by atoms with Gasteiger partial charge in [0.05, 0.1) is 0 Å². The van der Waals surface area contributed by atoms with Gasteiger partial charge in [-0.05, 0) is 6.92 Å². The van der Waals surface area contributed by atoms with Crippen molar-refractivity contribution < 1.29 is 9.47 Å². The predicted molar refractivity (Wildman–Crippen MR) is 41.0 cm³/mol. The highest BCUT2D eigenvalue weighted by molar-refractivity contribution is 5.38. The van der Waals surface area contributed by atoms with Gasteiger partial charge >= 0.3 is 0 Å². The normalized spacial score (nSPS) is 21.8. The topological polar surface area (TPSA) is 23.4 Å². The lowest BCUT2D eigenvalue weighted by molar-refractivity contribution is 0.106. The molecule has 1 aliphatic rings. The van der Waals surface area contributed by atoms with Gasteiger partial charge in [0.2, 0.25) is 0 Å². The zero-order chi connectivity index (χ0) is 7.84. The van der Waals surface area contributed by atoms with Gasteiger partial charge in [-0.3, -0.25) is 0 Å². The van der Waals surface area contributed by atoms with Crippen LogP contribution in [0, 0.1) is 0 Å². The third kappa shape index (κ3) is 1.06. The summed E-state index contributed by atoms with van der Waals surface area (Å²) < 4.78 is 12.9. The summed E-state index contributed by atoms with van der Waals surface area (Å²) in [5.74, 6) is 1.71. The van der Waals surface area contributed by atoms with E-state index in [9.17, 15) is 0 Å². The third-order valence-electron chi connectivity index (χ3n) is 1.69. The van der Waals surface area contributed by atoms with E-state index in [1.807, 2.05) is 30.9 Å². The molecule has 0 fully saturated rings. The molecule has 60 valence electrons. The fourth-order valence-electron chi connectivity index (χ4n) is 1.19. The first-order valence-electron chi connectivity index (χ1n) is 3.71. The van der Waals surface area contributed by atoms with E-state index in [-0.39, 0.29) is 6.10 Å². The fourth-order valence-corrected chi connectivity index (χ4v) is 1.19. The van der Waals surface area contributed by atoms with Gasteiger partial charge in [0, 0.05) is 19.4 Å². The molecule has 2 heterocycles. The first-order valence-corrected chi connectivity index (χ1v) is 3.71. The van der Waals surface area contributed by atoms with Gasteiger partial charge < -0.3 is 14.0 Å². The van der Waals surface area contributed by atoms with Gasteiger partial charge in [-0.2, -0.15) is 0 Å². The summed E-state index contributed by atoms with van der Waals surface area (Å²) in [6.45, 7) is 2.65. The number of hydrogen-bond acceptors (Lipinski definition) is 2. The zero-order valence-corrected chi connectivity index (χ0v) is 6.70. The van der Waals surface area contributed by atoms with Gasteiger partial charge in [-0.1, -0.05) is 0 Å². The lowest BCUT2D eigenvalue weighted by atomic mass is 10.4. The second kappa shape index (κ2) is 2.19. The van der Waals surface area contributed by atoms with E-state index in [0.717, 1.165) is 11.5 Å². The molecule has 2 rings (SSSR count). The van der Waals surface area contributed by atoms with E-state index >= 15 is 0 Å². The van der Waals surface area contributed by atoms with E-state index < -0.39 is 0 Å². The fraction of sp³-hybridized carbons (Fsp3) is 0.500. The van der Waals surface area contributed by atoms with Crippen LogP contribution in [0.4, 0.5) is 0 Å². The van der Waals surface area contributed by atoms with E-state index in [2.05, 4.69) is 0 Å². The Morgan fingerprint density at radius 2 is 2.18 bits per heavy atom. The van der Waals surface area contributed by atoms with Crippen LogP contribution in [0.1, 0.15) is 6.92 Å². The molecule has 0 spiro atoms. The molecule has 0 bridgehead atoms. The van der Waals surface area contributed by atoms with Crippen LogP contribution in [0.5, 0.6) is 11.5 Å². The molecule has 0 aromatic carbocycles. The molecule has 11 heavy (non-hydrogen) atoms. The van der Waals surface area contributed by atoms with Crippen molar-refractivity contribution in [2.75, 3.05) is 6.61 Å². The molecule has 1 unspecified atom stereocenters. The van der Waals surface area contributed by atoms with Crippen molar-refractivity contribution >= 4 is 0 Å². The quantitative estimate of drug-likeness (QED) is 0.558. The van der Waals surface area contributed by atoms with Crippen LogP contribution in [0.25, 0.3) is 0 Å². The lowest BCUT2D eigenvalue weighted by Crippen LogP contribution is -2.24. The van der Waals surface area contributed by atoms with E-state index in [1.54, 1.807) is 0 Å². The minimum absolute atomic E-state index is 0.171. The minimum Gasteiger partial charge on any atom is -0.484 e. The minimum atomic E-state index is 0.171. The molecule has 1 atom stereocenters. The molecule has 0 amide bonds. The summed E-state index contributed by atoms with van der Waals surface area (Å²) >= 11 is 0. The van der Waals surface area contributed by atoms with Crippen LogP contribution in [0.15, 0.2) is 12.4 Å². The van der Waals surface area contributed by atoms with Gasteiger partial charge in [-0.25, -0.2) is 0 Å². The van der Waals surface area contributed by atoms with Gasteiger partial charge in [0.25, 0.3) is 0 Å². The van der Waals surface area contributed by atoms with E-state index in [0.29, 0.717) is 6.61 Å². The SMILES string of the molecule is CC1COc2cn(C)cc2O1. The molecule has 3 heteroatoms. The van der Waals surface area contributed by atoms with Crippen molar-refractivity contribution in [2.24, 2.45) is 7.05 Å². The Morgan fingerprint density at radius 1 is 1.45 bits per heavy atom. The van der Waals surface area contributed by atoms with Crippen molar-refractivity contribution in [3.8, 4) is 11.5 Å². The molecule has 3 nitrogen and oxygen atoms in total. The molecule has 1 aliphatic heterocycles. The highest BCUT2D eigenvalue weighted by atomic mass is 16.6. The Bertz CT molecular complexity index is 267. The Kier molecular flexibility index (Phi) is 1.31. The van der Waals surface area contributed by atoms with Crippen molar-refractivity contribution in [3.63, 3.8) is 0 Å². The number of fused-ring (bicyclic) bond motifs is 1. The Morgan fingerprint density at radius 3 is 3.00 bits per heavy atom. The number of nitrogens with zero attached hydrogens (tertiary/aromatic N) is 1. The van der Waals surface area contributed by atoms with Gasteiger partial charge in [0.15, 0.2) is 11.5 Å². The maximum atomic E-state index is 5.51. The van der Waals surface area contributed by atoms with E-state index in [4.69, 9.17) is 9.47 Å². The number of aryl methyl sites for hydroxylation is 1. The summed E-state index contributed by atoms with van der Waals surface area (Å²) in [4.78, 5) is 0. The lowest BCUT2D eigenvalue weighted by Gasteiger charge is -2.20. The van der Waals surface area contributed by atoms with Crippen molar-refractivity contribution in [2.45, 2.75) is 13.0 Å². The van der Waals surface area contributed by atoms with Gasteiger partial charge in [0.1, 0.15) is 12.7 Å². The molecule has 0 saturated carbocycles. The summed E-state index contributed by atoms with van der Waals surface area (Å²) in [6, 6.07) is 0. The number of ether oxygens (including phenoxy) is 2. The Hall–Kier alpha value is -1.12. The predicted octanol–water partition coefficient (Wildman–Crippen LogP) is 1.18. The Labute approximate surface area is 65.5 Å². The monoisotopic (exact) mass is 153 g/mol. The highest BCUT2D eigenvalue weighted by Gasteiger charge is 2.18. The molecule has 0 radical (unpaired) electrons. The maximum absolute atomic E-state index is 5.51. The standard InChI is InChI=1S/C8H11NO2/c1-6-5-10-7-3-9(2)4-8(7)11-6/h3-4,6H,5H2,1-2H3. The zero-order valence-electron chi connectivity index (χ0n) is 6.70. The Balaban J connectivity index is 2.34. The average Bonchev–Trinajstić information content (AvgIpc) is 2.27. The van der Waals surface area contributed by atoms with Crippen LogP contribution >= 0.6 is 0 Å². The summed E-state index contributed by atoms with van der Waals surface area (Å²) in [6.07, 6.45) is 4.01. The first-order chi connectivity index (χ1) is 5.25. The molecule has 0 N–H and O–H groups in total. The summed E-state index contributed by atoms with van der Waals surface area (Å²) in [5.41, 5.74) is 0. The molecule has 0 saturated heterocycles. The smallest absolute Gasteiger partial charge is 0.179 e. The summed E-state index contributed by atoms with van der Waals surface area (Å²) in [7, 11) is 1.95. The average molecular weight is 153 g/mol. The molecular formula is C8H11NO2. The molecule has 0 aliphatic carbocycles. The molecule has 1 aromatic rings. The van der Waals surface area contributed by atoms with Crippen LogP contribution in [0.3, 0.4) is 0 Å². The number of aromatic nitrogens is 1. The largest absolute Gasteiger partial charge is 0.484 e. The number of rotatable bonds is 0. The van der Waals surface area contributed by atoms with Gasteiger partial charge in [-0.15, -0.1) is 0 Å². The van der Waals surface area contributed by atoms with Crippen molar-refractivity contribution in [1.29, 1.82) is 0 Å². The highest BCUT2D eigenvalue weighted by Crippen LogP contribution is 2.31. The van der Waals surface area contributed by atoms with Crippen molar-refractivity contribution in [1.82, 2.24) is 4.57 Å². The van der Waals surface area contributed by atoms with E-state index in [1.165, 1.54) is 0 Å². The number of hydrogen-bond donors (Lipinski definition) is 0. The van der Waals surface area contributed by atoms with Crippen LogP contribution < -0.4 is 9.47 Å². The second-order valence-corrected chi connectivity index (χ2v) is 2.89. The van der Waals surface area contributed by atoms with Crippen LogP contribution in [-0.2, 0) is 7.05 Å². The third-order valence-corrected chi connectivity index (χ3v) is 1.69. The summed E-state index contributed by atoms with van der Waals surface area (Å²) in [5, 5.41) is 0. The van der Waals surface area contributed by atoms with Crippen molar-refractivity contribution in [3.05, 3.63) is 12.4 Å². The maximum Gasteiger partial charge on any atom is 0.179 e. The molecular weight excluding hydrogens is 142 g/mol. The first kappa shape index (κ1) is 6.58. The second-order valence-electron chi connectivity index (χ2n) is 2.89.